The second-order valence-electron chi connectivity index (χ2n) is 8.13. The van der Waals surface area contributed by atoms with E-state index in [-0.39, 0.29) is 17.1 Å². The van der Waals surface area contributed by atoms with E-state index in [1.165, 1.54) is 36.4 Å². The number of nitrogens with one attached hydrogen (secondary N) is 1. The lowest BCUT2D eigenvalue weighted by molar-refractivity contribution is -0.137. The summed E-state index contributed by atoms with van der Waals surface area (Å²) in [4.78, 5) is 18.1. The van der Waals surface area contributed by atoms with Crippen molar-refractivity contribution in [3.05, 3.63) is 108 Å². The van der Waals surface area contributed by atoms with Crippen LogP contribution in [0.25, 0.3) is 27.8 Å². The third-order valence-corrected chi connectivity index (χ3v) is 5.61. The fourth-order valence-corrected chi connectivity index (χ4v) is 3.99. The number of fused-ring (bicyclic) bond motifs is 1. The quantitative estimate of drug-likeness (QED) is 0.282. The Morgan fingerprint density at radius 3 is 2.36 bits per heavy atom. The minimum atomic E-state index is -4.61. The van der Waals surface area contributed by atoms with Crippen LogP contribution in [0.4, 0.5) is 23.4 Å². The Balaban J connectivity index is 1.59. The number of carbonyl (C=O) groups is 1. The summed E-state index contributed by atoms with van der Waals surface area (Å²) >= 11 is 0. The number of nitrogens with zero attached hydrogens (tertiary/aromatic N) is 3. The van der Waals surface area contributed by atoms with E-state index in [4.69, 9.17) is 0 Å². The fraction of sp³-hybridized carbons (Fsp3) is 0.0741. The maximum Gasteiger partial charge on any atom is 0.418 e. The van der Waals surface area contributed by atoms with E-state index in [1.807, 2.05) is 0 Å². The summed E-state index contributed by atoms with van der Waals surface area (Å²) in [5.41, 5.74) is 1.19. The van der Waals surface area contributed by atoms with Gasteiger partial charge in [-0.05, 0) is 55.5 Å². The number of rotatable bonds is 4. The van der Waals surface area contributed by atoms with Gasteiger partial charge in [-0.2, -0.15) is 18.3 Å². The molecule has 180 valence electrons. The van der Waals surface area contributed by atoms with Crippen LogP contribution >= 0.6 is 0 Å². The van der Waals surface area contributed by atoms with Gasteiger partial charge in [0, 0.05) is 17.0 Å². The van der Waals surface area contributed by atoms with E-state index in [9.17, 15) is 22.4 Å². The molecule has 0 aliphatic rings. The second-order valence-corrected chi connectivity index (χ2v) is 8.13. The van der Waals surface area contributed by atoms with Gasteiger partial charge in [0.2, 0.25) is 0 Å². The molecule has 0 spiro atoms. The molecule has 1 amide bonds. The van der Waals surface area contributed by atoms with Crippen molar-refractivity contribution in [3.8, 4) is 16.9 Å². The van der Waals surface area contributed by atoms with Crippen molar-refractivity contribution in [3.63, 3.8) is 0 Å². The molecule has 0 bridgehead atoms. The zero-order valence-electron chi connectivity index (χ0n) is 18.8. The van der Waals surface area contributed by atoms with Crippen molar-refractivity contribution in [2.24, 2.45) is 0 Å². The van der Waals surface area contributed by atoms with E-state index in [2.05, 4.69) is 15.4 Å². The molecular weight excluding hydrogens is 472 g/mol. The first-order chi connectivity index (χ1) is 17.2. The average molecular weight is 490 g/mol. The molecule has 1 N–H and O–H groups in total. The number of anilines is 1. The minimum Gasteiger partial charge on any atom is -0.306 e. The maximum absolute atomic E-state index is 13.6. The number of para-hydroxylation sites is 2. The summed E-state index contributed by atoms with van der Waals surface area (Å²) in [7, 11) is 0. The van der Waals surface area contributed by atoms with E-state index in [1.54, 1.807) is 49.4 Å². The molecule has 0 radical (unpaired) electrons. The van der Waals surface area contributed by atoms with Gasteiger partial charge in [-0.3, -0.25) is 4.79 Å². The molecule has 5 aromatic rings. The number of amides is 1. The zero-order chi connectivity index (χ0) is 25.4. The average Bonchev–Trinajstić information content (AvgIpc) is 3.22. The van der Waals surface area contributed by atoms with Gasteiger partial charge in [0.05, 0.1) is 33.7 Å². The van der Waals surface area contributed by atoms with Gasteiger partial charge in [-0.1, -0.05) is 30.3 Å². The molecule has 5 nitrogen and oxygen atoms in total. The Hall–Kier alpha value is -4.53. The zero-order valence-corrected chi connectivity index (χ0v) is 18.8. The standard InChI is InChI=1S/C27H18F4N4O/c1-16-14-25(35(34-16)24-9-5-3-7-21(24)27(29,30)31)33-26(36)20-15-23(17-10-12-18(28)13-11-17)32-22-8-4-2-6-19(20)22/h2-15H,1H3,(H,33,36). The van der Waals surface area contributed by atoms with Crippen LogP contribution < -0.4 is 5.32 Å². The van der Waals surface area contributed by atoms with Gasteiger partial charge >= 0.3 is 6.18 Å². The smallest absolute Gasteiger partial charge is 0.306 e. The number of hydrogen-bond acceptors (Lipinski definition) is 3. The molecule has 0 atom stereocenters. The number of alkyl halides is 3. The van der Waals surface area contributed by atoms with E-state index in [0.717, 1.165) is 10.7 Å². The molecular formula is C27H18F4N4O. The van der Waals surface area contributed by atoms with E-state index < -0.39 is 23.5 Å². The molecule has 3 aromatic carbocycles. The van der Waals surface area contributed by atoms with Gasteiger partial charge in [0.15, 0.2) is 0 Å². The summed E-state index contributed by atoms with van der Waals surface area (Å²) in [5.74, 6) is -0.874. The summed E-state index contributed by atoms with van der Waals surface area (Å²) < 4.78 is 55.4. The van der Waals surface area contributed by atoms with Crippen LogP contribution in [0.15, 0.2) is 84.9 Å². The molecule has 0 fully saturated rings. The first-order valence-corrected chi connectivity index (χ1v) is 10.9. The molecule has 0 saturated heterocycles. The lowest BCUT2D eigenvalue weighted by Gasteiger charge is -2.15. The third kappa shape index (κ3) is 4.43. The predicted molar refractivity (Wildman–Crippen MR) is 128 cm³/mol. The largest absolute Gasteiger partial charge is 0.418 e. The van der Waals surface area contributed by atoms with E-state index >= 15 is 0 Å². The molecule has 2 aromatic heterocycles. The highest BCUT2D eigenvalue weighted by Gasteiger charge is 2.34. The molecule has 0 aliphatic heterocycles. The summed E-state index contributed by atoms with van der Waals surface area (Å²) in [6.45, 7) is 1.62. The molecule has 36 heavy (non-hydrogen) atoms. The lowest BCUT2D eigenvalue weighted by atomic mass is 10.0. The second kappa shape index (κ2) is 8.92. The van der Waals surface area contributed by atoms with Crippen LogP contribution in [0.2, 0.25) is 0 Å². The van der Waals surface area contributed by atoms with Crippen LogP contribution in [0.3, 0.4) is 0 Å². The van der Waals surface area contributed by atoms with Gasteiger partial charge in [-0.25, -0.2) is 14.1 Å². The van der Waals surface area contributed by atoms with Crippen LogP contribution in [0.5, 0.6) is 0 Å². The van der Waals surface area contributed by atoms with Crippen LogP contribution in [0, 0.1) is 12.7 Å². The maximum atomic E-state index is 13.6. The molecule has 0 saturated carbocycles. The number of benzene rings is 3. The highest BCUT2D eigenvalue weighted by Crippen LogP contribution is 2.35. The Morgan fingerprint density at radius 1 is 0.917 bits per heavy atom. The highest BCUT2D eigenvalue weighted by molar-refractivity contribution is 6.13. The Bertz CT molecular complexity index is 1590. The van der Waals surface area contributed by atoms with Crippen molar-refractivity contribution >= 4 is 22.6 Å². The highest BCUT2D eigenvalue weighted by atomic mass is 19.4. The number of hydrogen-bond donors (Lipinski definition) is 1. The number of carbonyl (C=O) groups excluding carboxylic acids is 1. The predicted octanol–water partition coefficient (Wildman–Crippen LogP) is 6.81. The molecule has 0 aliphatic carbocycles. The van der Waals surface area contributed by atoms with Crippen molar-refractivity contribution in [2.75, 3.05) is 5.32 Å². The number of aromatic nitrogens is 3. The Kier molecular flexibility index (Phi) is 5.75. The van der Waals surface area contributed by atoms with E-state index in [0.29, 0.717) is 27.9 Å². The van der Waals surface area contributed by atoms with Crippen molar-refractivity contribution in [2.45, 2.75) is 13.1 Å². The van der Waals surface area contributed by atoms with Gasteiger partial charge in [0.25, 0.3) is 5.91 Å². The molecule has 5 rings (SSSR count). The van der Waals surface area contributed by atoms with Crippen LogP contribution in [-0.2, 0) is 6.18 Å². The SMILES string of the molecule is Cc1cc(NC(=O)c2cc(-c3ccc(F)cc3)nc3ccccc23)n(-c2ccccc2C(F)(F)F)n1. The first-order valence-electron chi connectivity index (χ1n) is 10.9. The van der Waals surface area contributed by atoms with Crippen molar-refractivity contribution in [1.29, 1.82) is 0 Å². The van der Waals surface area contributed by atoms with Gasteiger partial charge in [-0.15, -0.1) is 0 Å². The lowest BCUT2D eigenvalue weighted by Crippen LogP contribution is -2.18. The minimum absolute atomic E-state index is 0.0819. The van der Waals surface area contributed by atoms with Crippen LogP contribution in [-0.4, -0.2) is 20.7 Å². The van der Waals surface area contributed by atoms with Crippen molar-refractivity contribution in [1.82, 2.24) is 14.8 Å². The number of halogens is 4. The van der Waals surface area contributed by atoms with Crippen LogP contribution in [0.1, 0.15) is 21.6 Å². The monoisotopic (exact) mass is 490 g/mol. The van der Waals surface area contributed by atoms with Gasteiger partial charge in [0.1, 0.15) is 11.6 Å². The molecule has 0 unspecified atom stereocenters. The fourth-order valence-electron chi connectivity index (χ4n) is 3.99. The summed E-state index contributed by atoms with van der Waals surface area (Å²) in [6, 6.07) is 20.8. The first kappa shape index (κ1) is 23.2. The van der Waals surface area contributed by atoms with Crippen molar-refractivity contribution < 1.29 is 22.4 Å². The summed E-state index contributed by atoms with van der Waals surface area (Å²) in [6.07, 6.45) is -4.61. The summed E-state index contributed by atoms with van der Waals surface area (Å²) in [5, 5.41) is 7.46. The molecule has 2 heterocycles. The number of aryl methyl sites for hydroxylation is 1. The topological polar surface area (TPSA) is 59.8 Å². The third-order valence-electron chi connectivity index (χ3n) is 5.61. The Labute approximate surface area is 203 Å². The molecule has 9 heteroatoms. The number of pyridine rings is 1. The Morgan fingerprint density at radius 2 is 1.61 bits per heavy atom. The van der Waals surface area contributed by atoms with Gasteiger partial charge < -0.3 is 5.32 Å². The normalized spacial score (nSPS) is 11.6.